The highest BCUT2D eigenvalue weighted by Crippen LogP contribution is 2.41. The van der Waals surface area contributed by atoms with E-state index in [4.69, 9.17) is 0 Å². The van der Waals surface area contributed by atoms with Crippen molar-refractivity contribution in [3.8, 4) is 0 Å². The average molecular weight is 202 g/mol. The molecule has 0 unspecified atom stereocenters. The van der Waals surface area contributed by atoms with E-state index in [2.05, 4.69) is 41.5 Å². The fraction of sp³-hybridized carbons (Fsp3) is 1.00. The van der Waals surface area contributed by atoms with Gasteiger partial charge in [-0.1, -0.05) is 41.5 Å². The second kappa shape index (κ2) is 6.82. The van der Waals surface area contributed by atoms with Crippen LogP contribution in [0, 0.1) is 17.8 Å². The summed E-state index contributed by atoms with van der Waals surface area (Å²) in [6.07, 6.45) is 4.43. The molecule has 0 aromatic rings. The van der Waals surface area contributed by atoms with Crippen LogP contribution >= 0.6 is 7.92 Å². The summed E-state index contributed by atoms with van der Waals surface area (Å²) < 4.78 is 0. The summed E-state index contributed by atoms with van der Waals surface area (Å²) in [7, 11) is 0.321. The van der Waals surface area contributed by atoms with Crippen LogP contribution in [0.15, 0.2) is 0 Å². The summed E-state index contributed by atoms with van der Waals surface area (Å²) in [6, 6.07) is 0. The molecule has 0 aromatic heterocycles. The van der Waals surface area contributed by atoms with Crippen molar-refractivity contribution in [1.29, 1.82) is 0 Å². The van der Waals surface area contributed by atoms with Crippen molar-refractivity contribution in [1.82, 2.24) is 0 Å². The van der Waals surface area contributed by atoms with Gasteiger partial charge in [0.25, 0.3) is 0 Å². The molecule has 80 valence electrons. The van der Waals surface area contributed by atoms with Crippen LogP contribution in [-0.4, -0.2) is 18.5 Å². The van der Waals surface area contributed by atoms with Crippen LogP contribution in [0.2, 0.25) is 0 Å². The standard InChI is InChI=1S/C12H27P/c1-10(2)7-13(8-11(3)4)9-12(5)6/h10-12H,7-9H2,1-6H3. The normalized spacial score (nSPS) is 12.5. The number of hydrogen-bond donors (Lipinski definition) is 0. The summed E-state index contributed by atoms with van der Waals surface area (Å²) in [6.45, 7) is 14.1. The number of hydrogen-bond acceptors (Lipinski definition) is 0. The molecule has 0 spiro atoms. The fourth-order valence-corrected chi connectivity index (χ4v) is 5.32. The lowest BCUT2D eigenvalue weighted by atomic mass is 10.3. The lowest BCUT2D eigenvalue weighted by Gasteiger charge is -2.23. The van der Waals surface area contributed by atoms with E-state index < -0.39 is 0 Å². The minimum absolute atomic E-state index is 0.321. The van der Waals surface area contributed by atoms with Gasteiger partial charge in [-0.15, -0.1) is 7.92 Å². The van der Waals surface area contributed by atoms with Gasteiger partial charge in [-0.3, -0.25) is 0 Å². The van der Waals surface area contributed by atoms with Crippen LogP contribution in [-0.2, 0) is 0 Å². The zero-order valence-corrected chi connectivity index (χ0v) is 11.2. The Hall–Kier alpha value is 0.430. The van der Waals surface area contributed by atoms with Gasteiger partial charge in [0.15, 0.2) is 0 Å². The van der Waals surface area contributed by atoms with Gasteiger partial charge in [-0.05, 0) is 36.2 Å². The second-order valence-electron chi connectivity index (χ2n) is 5.40. The van der Waals surface area contributed by atoms with Gasteiger partial charge in [0.05, 0.1) is 0 Å². The molecule has 13 heavy (non-hydrogen) atoms. The smallest absolute Gasteiger partial charge is 0.0302 e. The second-order valence-corrected chi connectivity index (χ2v) is 7.84. The van der Waals surface area contributed by atoms with Crippen LogP contribution in [0.3, 0.4) is 0 Å². The molecule has 0 radical (unpaired) electrons. The Morgan fingerprint density at radius 3 is 1.00 bits per heavy atom. The summed E-state index contributed by atoms with van der Waals surface area (Å²) in [5.41, 5.74) is 0. The third-order valence-corrected chi connectivity index (χ3v) is 5.61. The van der Waals surface area contributed by atoms with Crippen LogP contribution in [0.4, 0.5) is 0 Å². The van der Waals surface area contributed by atoms with Crippen molar-refractivity contribution < 1.29 is 0 Å². The van der Waals surface area contributed by atoms with Gasteiger partial charge in [-0.25, -0.2) is 0 Å². The monoisotopic (exact) mass is 202 g/mol. The van der Waals surface area contributed by atoms with E-state index in [0.29, 0.717) is 7.92 Å². The minimum atomic E-state index is 0.321. The molecule has 0 aliphatic carbocycles. The summed E-state index contributed by atoms with van der Waals surface area (Å²) in [5, 5.41) is 0. The molecular formula is C12H27P. The van der Waals surface area contributed by atoms with E-state index >= 15 is 0 Å². The van der Waals surface area contributed by atoms with Crippen LogP contribution < -0.4 is 0 Å². The predicted octanol–water partition coefficient (Wildman–Crippen LogP) is 4.44. The molecule has 0 fully saturated rings. The molecule has 0 rings (SSSR count). The largest absolute Gasteiger partial charge is 0.106 e. The first-order valence-corrected chi connectivity index (χ1v) is 7.53. The highest BCUT2D eigenvalue weighted by Gasteiger charge is 2.13. The molecule has 0 saturated heterocycles. The van der Waals surface area contributed by atoms with Gasteiger partial charge in [0, 0.05) is 0 Å². The van der Waals surface area contributed by atoms with E-state index in [1.54, 1.807) is 0 Å². The first-order valence-electron chi connectivity index (χ1n) is 5.64. The van der Waals surface area contributed by atoms with Crippen LogP contribution in [0.25, 0.3) is 0 Å². The zero-order valence-electron chi connectivity index (χ0n) is 10.3. The van der Waals surface area contributed by atoms with Crippen molar-refractivity contribution in [2.45, 2.75) is 41.5 Å². The fourth-order valence-electron chi connectivity index (χ4n) is 1.77. The summed E-state index contributed by atoms with van der Waals surface area (Å²) in [5.74, 6) is 2.68. The Bertz CT molecular complexity index is 92.5. The third kappa shape index (κ3) is 8.75. The molecule has 0 amide bonds. The Morgan fingerprint density at radius 2 is 0.846 bits per heavy atom. The Kier molecular flexibility index (Phi) is 7.05. The SMILES string of the molecule is CC(C)CP(CC(C)C)CC(C)C. The summed E-state index contributed by atoms with van der Waals surface area (Å²) in [4.78, 5) is 0. The van der Waals surface area contributed by atoms with E-state index in [-0.39, 0.29) is 0 Å². The van der Waals surface area contributed by atoms with Gasteiger partial charge in [0.1, 0.15) is 0 Å². The molecule has 0 heterocycles. The molecule has 0 bridgehead atoms. The Balaban J connectivity index is 3.87. The molecule has 0 aliphatic rings. The molecule has 0 N–H and O–H groups in total. The topological polar surface area (TPSA) is 0 Å². The first kappa shape index (κ1) is 13.4. The molecule has 1 heteroatoms. The van der Waals surface area contributed by atoms with Crippen molar-refractivity contribution in [2.75, 3.05) is 18.5 Å². The van der Waals surface area contributed by atoms with E-state index in [9.17, 15) is 0 Å². The van der Waals surface area contributed by atoms with Gasteiger partial charge >= 0.3 is 0 Å². The molecule has 0 saturated carbocycles. The summed E-state index contributed by atoms with van der Waals surface area (Å²) >= 11 is 0. The van der Waals surface area contributed by atoms with Crippen LogP contribution in [0.5, 0.6) is 0 Å². The molecular weight excluding hydrogens is 175 g/mol. The highest BCUT2D eigenvalue weighted by molar-refractivity contribution is 7.57. The maximum Gasteiger partial charge on any atom is -0.0302 e. The lowest BCUT2D eigenvalue weighted by molar-refractivity contribution is 0.695. The van der Waals surface area contributed by atoms with E-state index in [1.807, 2.05) is 0 Å². The highest BCUT2D eigenvalue weighted by atomic mass is 31.1. The minimum Gasteiger partial charge on any atom is -0.106 e. The van der Waals surface area contributed by atoms with E-state index in [0.717, 1.165) is 17.8 Å². The van der Waals surface area contributed by atoms with Crippen molar-refractivity contribution in [3.05, 3.63) is 0 Å². The van der Waals surface area contributed by atoms with Crippen LogP contribution in [0.1, 0.15) is 41.5 Å². The van der Waals surface area contributed by atoms with Gasteiger partial charge in [-0.2, -0.15) is 0 Å². The first-order chi connectivity index (χ1) is 5.91. The van der Waals surface area contributed by atoms with Crippen molar-refractivity contribution >= 4 is 7.92 Å². The van der Waals surface area contributed by atoms with E-state index in [1.165, 1.54) is 18.5 Å². The Labute approximate surface area is 86.3 Å². The number of rotatable bonds is 6. The quantitative estimate of drug-likeness (QED) is 0.559. The predicted molar refractivity (Wildman–Crippen MR) is 66.0 cm³/mol. The van der Waals surface area contributed by atoms with Crippen molar-refractivity contribution in [2.24, 2.45) is 17.8 Å². The maximum atomic E-state index is 2.36. The molecule has 0 aliphatic heterocycles. The Morgan fingerprint density at radius 1 is 0.615 bits per heavy atom. The molecule has 0 nitrogen and oxygen atoms in total. The van der Waals surface area contributed by atoms with Gasteiger partial charge in [0.2, 0.25) is 0 Å². The van der Waals surface area contributed by atoms with Gasteiger partial charge < -0.3 is 0 Å². The molecule has 0 atom stereocenters. The molecule has 0 aromatic carbocycles. The average Bonchev–Trinajstić information content (AvgIpc) is 1.80. The lowest BCUT2D eigenvalue weighted by Crippen LogP contribution is -2.07. The third-order valence-electron chi connectivity index (χ3n) is 1.87. The maximum absolute atomic E-state index is 2.36. The van der Waals surface area contributed by atoms with Crippen molar-refractivity contribution in [3.63, 3.8) is 0 Å². The zero-order chi connectivity index (χ0) is 10.4.